The molecule has 0 amide bonds. The number of benzene rings is 2. The number of ketones is 2. The molecule has 0 atom stereocenters. The zero-order valence-corrected chi connectivity index (χ0v) is 29.2. The van der Waals surface area contributed by atoms with Crippen molar-refractivity contribution in [1.29, 1.82) is 0 Å². The highest BCUT2D eigenvalue weighted by Crippen LogP contribution is 2.56. The summed E-state index contributed by atoms with van der Waals surface area (Å²) in [5.41, 5.74) is -0.344. The third kappa shape index (κ3) is 7.24. The number of hydrogen-bond acceptors (Lipinski definition) is 8. The van der Waals surface area contributed by atoms with Gasteiger partial charge in [-0.25, -0.2) is 0 Å². The zero-order chi connectivity index (χ0) is 36.2. The summed E-state index contributed by atoms with van der Waals surface area (Å²) in [6.07, 6.45) is -3.68. The summed E-state index contributed by atoms with van der Waals surface area (Å²) in [5, 5.41) is 21.4. The zero-order valence-electron chi connectivity index (χ0n) is 27.6. The lowest BCUT2D eigenvalue weighted by Crippen LogP contribution is -2.45. The van der Waals surface area contributed by atoms with Crippen LogP contribution in [-0.4, -0.2) is 45.6 Å². The maximum absolute atomic E-state index is 14.1. The monoisotopic (exact) mass is 748 g/mol. The Bertz CT molecular complexity index is 1780. The minimum Gasteiger partial charge on any atom is -0.490 e. The largest absolute Gasteiger partial charge is 0.490 e. The molecule has 0 aromatic heterocycles. The average molecular weight is 750 g/mol. The van der Waals surface area contributed by atoms with Crippen LogP contribution in [0.2, 0.25) is 0 Å². The number of nitrogens with zero attached hydrogens (tertiary/aromatic N) is 2. The molecule has 1 heterocycles. The van der Waals surface area contributed by atoms with E-state index >= 15 is 0 Å². The van der Waals surface area contributed by atoms with Gasteiger partial charge in [0.25, 0.3) is 0 Å². The summed E-state index contributed by atoms with van der Waals surface area (Å²) in [6.45, 7) is 9.75. The standard InChI is InChI=1S/C35H36BrF3N2O8/c1-6-48-27-12-18(11-20(36)32(27)49-26-8-7-19(35(37,38)39)13-21(26)41(46)47)29-30-22(14-33(2,3)16-24(30)42)40(10-9-28(44)45)23-15-34(4,5)17-25(43)31(23)29/h7-8,11-13,29H,6,9-10,14-17H2,1-5H3,(H,44,45). The van der Waals surface area contributed by atoms with Crippen molar-refractivity contribution in [3.05, 3.63) is 78.6 Å². The minimum atomic E-state index is -4.82. The van der Waals surface area contributed by atoms with Gasteiger partial charge in [-0.05, 0) is 76.4 Å². The predicted octanol–water partition coefficient (Wildman–Crippen LogP) is 8.73. The Morgan fingerprint density at radius 3 is 2.06 bits per heavy atom. The van der Waals surface area contributed by atoms with Crippen LogP contribution in [0.15, 0.2) is 57.3 Å². The third-order valence-electron chi connectivity index (χ3n) is 8.93. The van der Waals surface area contributed by atoms with Crippen molar-refractivity contribution in [2.24, 2.45) is 10.8 Å². The molecule has 2 aromatic carbocycles. The molecule has 10 nitrogen and oxygen atoms in total. The maximum Gasteiger partial charge on any atom is 0.416 e. The molecule has 2 aromatic rings. The molecule has 0 fully saturated rings. The summed E-state index contributed by atoms with van der Waals surface area (Å²) in [6, 6.07) is 5.12. The third-order valence-corrected chi connectivity index (χ3v) is 9.52. The van der Waals surface area contributed by atoms with Crippen LogP contribution in [0.3, 0.4) is 0 Å². The van der Waals surface area contributed by atoms with Crippen molar-refractivity contribution in [2.45, 2.75) is 78.8 Å². The topological polar surface area (TPSA) is 136 Å². The van der Waals surface area contributed by atoms with Crippen molar-refractivity contribution < 1.29 is 47.1 Å². The van der Waals surface area contributed by atoms with Crippen molar-refractivity contribution >= 4 is 39.2 Å². The first-order valence-corrected chi connectivity index (χ1v) is 16.5. The van der Waals surface area contributed by atoms with Gasteiger partial charge in [0.05, 0.1) is 28.0 Å². The van der Waals surface area contributed by atoms with Gasteiger partial charge in [-0.2, -0.15) is 13.2 Å². The van der Waals surface area contributed by atoms with Gasteiger partial charge in [-0.15, -0.1) is 0 Å². The molecule has 49 heavy (non-hydrogen) atoms. The van der Waals surface area contributed by atoms with Crippen molar-refractivity contribution in [3.8, 4) is 17.2 Å². The molecular formula is C35H36BrF3N2O8. The van der Waals surface area contributed by atoms with Crippen molar-refractivity contribution in [2.75, 3.05) is 13.2 Å². The second-order valence-electron chi connectivity index (χ2n) is 14.1. The number of rotatable bonds is 9. The summed E-state index contributed by atoms with van der Waals surface area (Å²) in [7, 11) is 0. The second-order valence-corrected chi connectivity index (χ2v) is 15.0. The first-order chi connectivity index (χ1) is 22.7. The summed E-state index contributed by atoms with van der Waals surface area (Å²) < 4.78 is 52.0. The van der Waals surface area contributed by atoms with Gasteiger partial charge >= 0.3 is 17.8 Å². The average Bonchev–Trinajstić information content (AvgIpc) is 2.95. The number of carboxylic acids is 1. The van der Waals surface area contributed by atoms with Crippen LogP contribution in [0.5, 0.6) is 17.2 Å². The molecule has 0 unspecified atom stereocenters. The number of hydrogen-bond donors (Lipinski definition) is 1. The smallest absolute Gasteiger partial charge is 0.416 e. The lowest BCUT2D eigenvalue weighted by molar-refractivity contribution is -0.385. The summed E-state index contributed by atoms with van der Waals surface area (Å²) in [5.74, 6) is -2.62. The molecule has 14 heteroatoms. The van der Waals surface area contributed by atoms with Crippen LogP contribution < -0.4 is 9.47 Å². The Labute approximate surface area is 289 Å². The Morgan fingerprint density at radius 1 is 1.00 bits per heavy atom. The first-order valence-electron chi connectivity index (χ1n) is 15.7. The van der Waals surface area contributed by atoms with Crippen LogP contribution in [0.25, 0.3) is 0 Å². The number of ether oxygens (including phenoxy) is 2. The van der Waals surface area contributed by atoms with E-state index in [1.54, 1.807) is 19.1 Å². The number of Topliss-reactive ketones (excluding diaryl/α,β-unsaturated/α-hetero) is 2. The van der Waals surface area contributed by atoms with Crippen molar-refractivity contribution in [1.82, 2.24) is 4.90 Å². The molecule has 1 N–H and O–H groups in total. The quantitative estimate of drug-likeness (QED) is 0.197. The van der Waals surface area contributed by atoms with Crippen LogP contribution in [0.4, 0.5) is 18.9 Å². The van der Waals surface area contributed by atoms with Gasteiger partial charge in [-0.3, -0.25) is 24.5 Å². The number of halogens is 4. The number of allylic oxidation sites excluding steroid dienone is 4. The van der Waals surface area contributed by atoms with Gasteiger partial charge in [0, 0.05) is 53.9 Å². The van der Waals surface area contributed by atoms with E-state index in [2.05, 4.69) is 15.9 Å². The van der Waals surface area contributed by atoms with E-state index in [9.17, 15) is 42.8 Å². The minimum absolute atomic E-state index is 0.0528. The number of nitro groups is 1. The Morgan fingerprint density at radius 2 is 1.57 bits per heavy atom. The van der Waals surface area contributed by atoms with Crippen molar-refractivity contribution in [3.63, 3.8) is 0 Å². The molecule has 0 radical (unpaired) electrons. The van der Waals surface area contributed by atoms with Gasteiger partial charge in [0.1, 0.15) is 0 Å². The molecule has 0 spiro atoms. The molecular weight excluding hydrogens is 713 g/mol. The fourth-order valence-corrected chi connectivity index (χ4v) is 7.55. The van der Waals surface area contributed by atoms with E-state index < -0.39 is 50.8 Å². The Kier molecular flexibility index (Phi) is 9.52. The predicted molar refractivity (Wildman–Crippen MR) is 175 cm³/mol. The van der Waals surface area contributed by atoms with Crippen LogP contribution in [0.1, 0.15) is 83.8 Å². The fraction of sp³-hybridized carbons (Fsp3) is 0.457. The van der Waals surface area contributed by atoms with E-state index in [1.165, 1.54) is 0 Å². The Hall–Kier alpha value is -4.20. The number of aliphatic carboxylic acids is 1. The number of carboxylic acid groups (broad SMARTS) is 1. The molecule has 5 rings (SSSR count). The van der Waals surface area contributed by atoms with E-state index in [1.807, 2.05) is 32.6 Å². The van der Waals surface area contributed by atoms with Crippen LogP contribution in [0, 0.1) is 20.9 Å². The number of carbonyl (C=O) groups is 3. The highest BCUT2D eigenvalue weighted by Gasteiger charge is 2.49. The van der Waals surface area contributed by atoms with E-state index in [0.29, 0.717) is 53.1 Å². The van der Waals surface area contributed by atoms with Crippen LogP contribution in [-0.2, 0) is 20.6 Å². The highest BCUT2D eigenvalue weighted by molar-refractivity contribution is 9.10. The second kappa shape index (κ2) is 12.9. The van der Waals surface area contributed by atoms with E-state index in [4.69, 9.17) is 9.47 Å². The lowest BCUT2D eigenvalue weighted by Gasteiger charge is -2.49. The van der Waals surface area contributed by atoms with E-state index in [-0.39, 0.29) is 60.0 Å². The molecule has 0 saturated heterocycles. The lowest BCUT2D eigenvalue weighted by atomic mass is 9.63. The maximum atomic E-state index is 14.1. The van der Waals surface area contributed by atoms with Gasteiger partial charge in [-0.1, -0.05) is 27.7 Å². The summed E-state index contributed by atoms with van der Waals surface area (Å²) >= 11 is 3.46. The molecule has 262 valence electrons. The first kappa shape index (κ1) is 36.1. The molecule has 2 aliphatic carbocycles. The van der Waals surface area contributed by atoms with Crippen LogP contribution >= 0.6 is 15.9 Å². The summed E-state index contributed by atoms with van der Waals surface area (Å²) in [4.78, 5) is 52.6. The van der Waals surface area contributed by atoms with Gasteiger partial charge in [0.2, 0.25) is 5.75 Å². The number of carbonyl (C=O) groups excluding carboxylic acids is 2. The Balaban J connectivity index is 1.71. The molecule has 1 aliphatic heterocycles. The normalized spacial score (nSPS) is 19.1. The molecule has 0 bridgehead atoms. The van der Waals surface area contributed by atoms with Gasteiger partial charge in [0.15, 0.2) is 23.1 Å². The van der Waals surface area contributed by atoms with E-state index in [0.717, 1.165) is 6.07 Å². The number of alkyl halides is 3. The molecule has 3 aliphatic rings. The van der Waals surface area contributed by atoms with Gasteiger partial charge < -0.3 is 19.5 Å². The highest BCUT2D eigenvalue weighted by atomic mass is 79.9. The SMILES string of the molecule is CCOc1cc(C2C3=C(CC(C)(C)CC3=O)N(CCC(=O)O)C3=C2C(=O)CC(C)(C)C3)cc(Br)c1Oc1ccc(C(F)(F)F)cc1[N+](=O)[O-]. The molecule has 0 saturated carbocycles. The fourth-order valence-electron chi connectivity index (χ4n) is 7.01. The number of nitro benzene ring substituents is 1.